The van der Waals surface area contributed by atoms with Crippen LogP contribution in [0.5, 0.6) is 0 Å². The molecule has 2 bridgehead atoms. The van der Waals surface area contributed by atoms with Gasteiger partial charge in [-0.15, -0.1) is 0 Å². The Balaban J connectivity index is 1.27. The van der Waals surface area contributed by atoms with Crippen LogP contribution in [0.3, 0.4) is 0 Å². The maximum Gasteiger partial charge on any atom is 0.220 e. The highest BCUT2D eigenvalue weighted by Gasteiger charge is 2.34. The molecular weight excluding hydrogens is 312 g/mol. The lowest BCUT2D eigenvalue weighted by Crippen LogP contribution is -2.39. The second-order valence-electron chi connectivity index (χ2n) is 7.48. The van der Waals surface area contributed by atoms with Gasteiger partial charge in [-0.05, 0) is 48.8 Å². The quantitative estimate of drug-likeness (QED) is 0.851. The van der Waals surface area contributed by atoms with Gasteiger partial charge in [0.15, 0.2) is 0 Å². The highest BCUT2D eigenvalue weighted by atomic mass is 16.1. The first-order chi connectivity index (χ1) is 12.2. The maximum absolute atomic E-state index is 12.3. The molecule has 2 fully saturated rings. The Kier molecular flexibility index (Phi) is 4.83. The van der Waals surface area contributed by atoms with Crippen LogP contribution in [0, 0.1) is 5.92 Å². The fraction of sp³-hybridized carbons (Fsp3) is 0.500. The molecule has 5 heteroatoms. The fourth-order valence-electron chi connectivity index (χ4n) is 4.30. The third-order valence-corrected chi connectivity index (χ3v) is 5.43. The summed E-state index contributed by atoms with van der Waals surface area (Å²) in [6.45, 7) is 1.36. The average Bonchev–Trinajstić information content (AvgIpc) is 3.23. The number of benzene rings is 1. The lowest BCUT2D eigenvalue weighted by Gasteiger charge is -2.28. The van der Waals surface area contributed by atoms with Gasteiger partial charge in [0.1, 0.15) is 0 Å². The number of piperidine rings is 1. The van der Waals surface area contributed by atoms with Crippen molar-refractivity contribution in [3.63, 3.8) is 0 Å². The molecule has 2 saturated heterocycles. The Morgan fingerprint density at radius 2 is 2.00 bits per heavy atom. The first-order valence-electron chi connectivity index (χ1n) is 9.32. The van der Waals surface area contributed by atoms with Gasteiger partial charge in [-0.3, -0.25) is 9.48 Å². The van der Waals surface area contributed by atoms with Gasteiger partial charge in [0, 0.05) is 37.4 Å². The number of nitrogens with zero attached hydrogens (tertiary/aromatic N) is 2. The van der Waals surface area contributed by atoms with Crippen molar-refractivity contribution in [2.24, 2.45) is 5.92 Å². The normalized spacial score (nSPS) is 25.0. The van der Waals surface area contributed by atoms with Crippen LogP contribution in [0.1, 0.15) is 43.2 Å². The van der Waals surface area contributed by atoms with E-state index in [9.17, 15) is 4.79 Å². The summed E-state index contributed by atoms with van der Waals surface area (Å²) in [5.41, 5.74) is 2.34. The van der Waals surface area contributed by atoms with Crippen molar-refractivity contribution in [3.8, 4) is 0 Å². The van der Waals surface area contributed by atoms with E-state index in [0.717, 1.165) is 24.9 Å². The van der Waals surface area contributed by atoms with Gasteiger partial charge < -0.3 is 10.6 Å². The minimum Gasteiger partial charge on any atom is -0.352 e. The van der Waals surface area contributed by atoms with Crippen molar-refractivity contribution in [2.75, 3.05) is 0 Å². The van der Waals surface area contributed by atoms with Gasteiger partial charge in [-0.1, -0.05) is 24.3 Å². The van der Waals surface area contributed by atoms with Crippen molar-refractivity contribution in [1.29, 1.82) is 0 Å². The first-order valence-corrected chi connectivity index (χ1v) is 9.32. The fourth-order valence-corrected chi connectivity index (χ4v) is 4.30. The Morgan fingerprint density at radius 3 is 2.76 bits per heavy atom. The molecule has 132 valence electrons. The average molecular weight is 338 g/mol. The van der Waals surface area contributed by atoms with Gasteiger partial charge in [-0.25, -0.2) is 0 Å². The third kappa shape index (κ3) is 4.28. The predicted molar refractivity (Wildman–Crippen MR) is 96.9 cm³/mol. The van der Waals surface area contributed by atoms with Crippen LogP contribution in [0.25, 0.3) is 0 Å². The summed E-state index contributed by atoms with van der Waals surface area (Å²) in [4.78, 5) is 12.3. The molecule has 2 atom stereocenters. The monoisotopic (exact) mass is 338 g/mol. The Morgan fingerprint density at radius 1 is 1.20 bits per heavy atom. The lowest BCUT2D eigenvalue weighted by atomic mass is 9.89. The maximum atomic E-state index is 12.3. The molecule has 2 aromatic rings. The number of carbonyl (C=O) groups is 1. The van der Waals surface area contributed by atoms with Crippen LogP contribution in [-0.2, 0) is 17.9 Å². The van der Waals surface area contributed by atoms with E-state index in [-0.39, 0.29) is 5.91 Å². The molecule has 0 aliphatic carbocycles. The summed E-state index contributed by atoms with van der Waals surface area (Å²) in [7, 11) is 0. The smallest absolute Gasteiger partial charge is 0.220 e. The summed E-state index contributed by atoms with van der Waals surface area (Å²) < 4.78 is 1.91. The van der Waals surface area contributed by atoms with Crippen molar-refractivity contribution in [1.82, 2.24) is 20.4 Å². The van der Waals surface area contributed by atoms with E-state index in [1.165, 1.54) is 18.4 Å². The number of hydrogen-bond donors (Lipinski definition) is 2. The lowest BCUT2D eigenvalue weighted by molar-refractivity contribution is -0.122. The van der Waals surface area contributed by atoms with Crippen molar-refractivity contribution in [3.05, 3.63) is 53.9 Å². The first kappa shape index (κ1) is 16.3. The van der Waals surface area contributed by atoms with E-state index in [1.807, 2.05) is 23.0 Å². The van der Waals surface area contributed by atoms with Gasteiger partial charge in [-0.2, -0.15) is 5.10 Å². The third-order valence-electron chi connectivity index (χ3n) is 5.43. The van der Waals surface area contributed by atoms with E-state index in [4.69, 9.17) is 0 Å². The Bertz CT molecular complexity index is 700. The highest BCUT2D eigenvalue weighted by Crippen LogP contribution is 2.32. The van der Waals surface area contributed by atoms with Gasteiger partial charge in [0.05, 0.1) is 6.54 Å². The van der Waals surface area contributed by atoms with Crippen molar-refractivity contribution >= 4 is 5.91 Å². The molecule has 0 saturated carbocycles. The molecule has 1 amide bonds. The zero-order valence-corrected chi connectivity index (χ0v) is 14.5. The summed E-state index contributed by atoms with van der Waals surface area (Å²) in [5.74, 6) is 0.730. The topological polar surface area (TPSA) is 59.0 Å². The second-order valence-corrected chi connectivity index (χ2v) is 7.48. The van der Waals surface area contributed by atoms with Crippen LogP contribution in [0.2, 0.25) is 0 Å². The number of carbonyl (C=O) groups excluding carboxylic acids is 1. The molecule has 2 aliphatic heterocycles. The number of aromatic nitrogens is 2. The number of nitrogens with one attached hydrogen (secondary N) is 2. The number of hydrogen-bond acceptors (Lipinski definition) is 3. The SMILES string of the molecule is O=C(CC1CC2CCC(C1)N2)NCc1cccc(Cn2cccn2)c1. The summed E-state index contributed by atoms with van der Waals surface area (Å²) in [6.07, 6.45) is 9.30. The minimum atomic E-state index is 0.184. The molecular formula is C20H26N4O. The van der Waals surface area contributed by atoms with Crippen LogP contribution >= 0.6 is 0 Å². The summed E-state index contributed by atoms with van der Waals surface area (Å²) in [5, 5.41) is 11.0. The standard InChI is InChI=1S/C20H26N4O/c25-20(12-17-10-18-5-6-19(11-17)23-18)21-13-15-3-1-4-16(9-15)14-24-8-2-7-22-24/h1-4,7-9,17-19,23H,5-6,10-14H2,(H,21,25). The highest BCUT2D eigenvalue weighted by molar-refractivity contribution is 5.76. The van der Waals surface area contributed by atoms with Crippen LogP contribution in [0.4, 0.5) is 0 Å². The van der Waals surface area contributed by atoms with Gasteiger partial charge in [0.2, 0.25) is 5.91 Å². The van der Waals surface area contributed by atoms with E-state index in [1.54, 1.807) is 6.20 Å². The molecule has 1 aromatic heterocycles. The zero-order chi connectivity index (χ0) is 17.1. The van der Waals surface area contributed by atoms with Crippen molar-refractivity contribution < 1.29 is 4.79 Å². The van der Waals surface area contributed by atoms with Gasteiger partial charge >= 0.3 is 0 Å². The van der Waals surface area contributed by atoms with Crippen LogP contribution in [-0.4, -0.2) is 27.8 Å². The van der Waals surface area contributed by atoms with E-state index >= 15 is 0 Å². The summed E-state index contributed by atoms with van der Waals surface area (Å²) in [6, 6.07) is 11.6. The molecule has 2 unspecified atom stereocenters. The zero-order valence-electron chi connectivity index (χ0n) is 14.5. The van der Waals surface area contributed by atoms with Crippen LogP contribution < -0.4 is 10.6 Å². The predicted octanol–water partition coefficient (Wildman–Crippen LogP) is 2.47. The summed E-state index contributed by atoms with van der Waals surface area (Å²) >= 11 is 0. The number of fused-ring (bicyclic) bond motifs is 2. The minimum absolute atomic E-state index is 0.184. The van der Waals surface area contributed by atoms with Gasteiger partial charge in [0.25, 0.3) is 0 Å². The number of rotatable bonds is 6. The molecule has 2 aliphatic rings. The molecule has 25 heavy (non-hydrogen) atoms. The Labute approximate surface area is 148 Å². The van der Waals surface area contributed by atoms with Crippen LogP contribution in [0.15, 0.2) is 42.7 Å². The largest absolute Gasteiger partial charge is 0.352 e. The molecule has 0 radical (unpaired) electrons. The van der Waals surface area contributed by atoms with E-state index in [2.05, 4.69) is 33.9 Å². The molecule has 2 N–H and O–H groups in total. The van der Waals surface area contributed by atoms with E-state index < -0.39 is 0 Å². The van der Waals surface area contributed by atoms with E-state index in [0.29, 0.717) is 31.0 Å². The molecule has 0 spiro atoms. The Hall–Kier alpha value is -2.14. The van der Waals surface area contributed by atoms with Crippen molar-refractivity contribution in [2.45, 2.75) is 57.3 Å². The molecule has 4 rings (SSSR count). The second kappa shape index (κ2) is 7.40. The molecule has 5 nitrogen and oxygen atoms in total. The molecule has 3 heterocycles. The molecule has 1 aromatic carbocycles. The number of amides is 1.